The molecule has 3 rings (SSSR count). The van der Waals surface area contributed by atoms with Crippen molar-refractivity contribution in [1.82, 2.24) is 5.32 Å². The Morgan fingerprint density at radius 1 is 0.870 bits per heavy atom. The average molecular weight is 305 g/mol. The van der Waals surface area contributed by atoms with E-state index in [9.17, 15) is 0 Å². The monoisotopic (exact) mass is 305 g/mol. The lowest BCUT2D eigenvalue weighted by Crippen LogP contribution is -2.23. The fourth-order valence-electron chi connectivity index (χ4n) is 2.67. The molecule has 0 saturated heterocycles. The van der Waals surface area contributed by atoms with Crippen molar-refractivity contribution in [3.05, 3.63) is 77.9 Å². The molecular formula is C21H23NO. The van der Waals surface area contributed by atoms with Crippen molar-refractivity contribution in [2.75, 3.05) is 7.05 Å². The van der Waals surface area contributed by atoms with Crippen LogP contribution in [0.25, 0.3) is 10.8 Å². The molecule has 118 valence electrons. The summed E-state index contributed by atoms with van der Waals surface area (Å²) in [6, 6.07) is 23.7. The first-order valence-electron chi connectivity index (χ1n) is 8.11. The molecule has 1 unspecified atom stereocenters. The van der Waals surface area contributed by atoms with Crippen LogP contribution in [-0.4, -0.2) is 13.1 Å². The summed E-state index contributed by atoms with van der Waals surface area (Å²) in [5.41, 5.74) is 2.52. The topological polar surface area (TPSA) is 21.3 Å². The maximum atomic E-state index is 5.91. The van der Waals surface area contributed by atoms with E-state index in [4.69, 9.17) is 4.74 Å². The van der Waals surface area contributed by atoms with Crippen LogP contribution < -0.4 is 10.1 Å². The third-order valence-electron chi connectivity index (χ3n) is 4.18. The average Bonchev–Trinajstić information content (AvgIpc) is 2.61. The van der Waals surface area contributed by atoms with Gasteiger partial charge in [-0.15, -0.1) is 0 Å². The number of nitrogens with one attached hydrogen (secondary N) is 1. The van der Waals surface area contributed by atoms with Gasteiger partial charge in [0.15, 0.2) is 0 Å². The third kappa shape index (κ3) is 4.11. The van der Waals surface area contributed by atoms with E-state index in [2.05, 4.69) is 79.0 Å². The Bertz CT molecular complexity index is 764. The number of fused-ring (bicyclic) bond motifs is 1. The fraction of sp³-hybridized carbons (Fsp3) is 0.238. The van der Waals surface area contributed by atoms with E-state index in [1.165, 1.54) is 21.9 Å². The normalized spacial score (nSPS) is 12.3. The van der Waals surface area contributed by atoms with Gasteiger partial charge in [-0.2, -0.15) is 0 Å². The molecule has 2 heteroatoms. The standard InChI is InChI=1S/C21H23NO/c1-16(22-2)13-17-8-11-21(12-9-17)23-15-18-7-10-19-5-3-4-6-20(19)14-18/h3-12,14,16,22H,13,15H2,1-2H3. The highest BCUT2D eigenvalue weighted by atomic mass is 16.5. The van der Waals surface area contributed by atoms with Gasteiger partial charge in [-0.05, 0) is 60.5 Å². The molecule has 0 aliphatic carbocycles. The number of likely N-dealkylation sites (N-methyl/N-ethyl adjacent to an activating group) is 1. The maximum Gasteiger partial charge on any atom is 0.119 e. The summed E-state index contributed by atoms with van der Waals surface area (Å²) in [6.45, 7) is 2.78. The van der Waals surface area contributed by atoms with Crippen molar-refractivity contribution in [2.45, 2.75) is 26.0 Å². The van der Waals surface area contributed by atoms with Crippen LogP contribution in [0.5, 0.6) is 5.75 Å². The van der Waals surface area contributed by atoms with Crippen LogP contribution in [0.3, 0.4) is 0 Å². The highest BCUT2D eigenvalue weighted by Crippen LogP contribution is 2.18. The van der Waals surface area contributed by atoms with Gasteiger partial charge < -0.3 is 10.1 Å². The lowest BCUT2D eigenvalue weighted by Gasteiger charge is -2.11. The number of ether oxygens (including phenoxy) is 1. The van der Waals surface area contributed by atoms with Gasteiger partial charge in [0.1, 0.15) is 12.4 Å². The number of hydrogen-bond acceptors (Lipinski definition) is 2. The fourth-order valence-corrected chi connectivity index (χ4v) is 2.67. The van der Waals surface area contributed by atoms with Crippen LogP contribution in [0.2, 0.25) is 0 Å². The summed E-state index contributed by atoms with van der Waals surface area (Å²) in [4.78, 5) is 0. The van der Waals surface area contributed by atoms with E-state index in [1.54, 1.807) is 0 Å². The van der Waals surface area contributed by atoms with Gasteiger partial charge in [-0.3, -0.25) is 0 Å². The third-order valence-corrected chi connectivity index (χ3v) is 4.18. The summed E-state index contributed by atoms with van der Waals surface area (Å²) >= 11 is 0. The van der Waals surface area contributed by atoms with Crippen LogP contribution >= 0.6 is 0 Å². The lowest BCUT2D eigenvalue weighted by atomic mass is 10.1. The van der Waals surface area contributed by atoms with Gasteiger partial charge in [0.05, 0.1) is 0 Å². The Hall–Kier alpha value is -2.32. The molecule has 0 saturated carbocycles. The summed E-state index contributed by atoms with van der Waals surface area (Å²) in [5, 5.41) is 5.78. The molecule has 3 aromatic rings. The van der Waals surface area contributed by atoms with Crippen molar-refractivity contribution < 1.29 is 4.74 Å². The second-order valence-electron chi connectivity index (χ2n) is 6.01. The molecule has 23 heavy (non-hydrogen) atoms. The Balaban J connectivity index is 1.62. The van der Waals surface area contributed by atoms with Crippen LogP contribution in [-0.2, 0) is 13.0 Å². The highest BCUT2D eigenvalue weighted by molar-refractivity contribution is 5.82. The first-order chi connectivity index (χ1) is 11.2. The quantitative estimate of drug-likeness (QED) is 0.720. The van der Waals surface area contributed by atoms with Crippen molar-refractivity contribution >= 4 is 10.8 Å². The Labute approximate surface area is 138 Å². The molecule has 2 nitrogen and oxygen atoms in total. The van der Waals surface area contributed by atoms with Crippen molar-refractivity contribution in [3.8, 4) is 5.75 Å². The zero-order valence-electron chi connectivity index (χ0n) is 13.8. The van der Waals surface area contributed by atoms with Gasteiger partial charge in [-0.25, -0.2) is 0 Å². The van der Waals surface area contributed by atoms with E-state index in [0.29, 0.717) is 12.6 Å². The molecule has 1 atom stereocenters. The molecule has 3 aromatic carbocycles. The predicted molar refractivity (Wildman–Crippen MR) is 96.9 cm³/mol. The summed E-state index contributed by atoms with van der Waals surface area (Å²) in [5.74, 6) is 0.916. The van der Waals surface area contributed by atoms with Gasteiger partial charge in [-0.1, -0.05) is 48.5 Å². The molecular weight excluding hydrogens is 282 g/mol. The van der Waals surface area contributed by atoms with Gasteiger partial charge in [0.25, 0.3) is 0 Å². The minimum absolute atomic E-state index is 0.486. The zero-order valence-corrected chi connectivity index (χ0v) is 13.8. The molecule has 0 heterocycles. The minimum Gasteiger partial charge on any atom is -0.489 e. The van der Waals surface area contributed by atoms with E-state index in [1.807, 2.05) is 7.05 Å². The molecule has 0 amide bonds. The smallest absolute Gasteiger partial charge is 0.119 e. The zero-order chi connectivity index (χ0) is 16.1. The molecule has 1 N–H and O–H groups in total. The van der Waals surface area contributed by atoms with E-state index in [-0.39, 0.29) is 0 Å². The van der Waals surface area contributed by atoms with Crippen LogP contribution in [0.4, 0.5) is 0 Å². The summed E-state index contributed by atoms with van der Waals surface area (Å²) < 4.78 is 5.91. The van der Waals surface area contributed by atoms with E-state index < -0.39 is 0 Å². The van der Waals surface area contributed by atoms with E-state index >= 15 is 0 Å². The Morgan fingerprint density at radius 3 is 2.30 bits per heavy atom. The van der Waals surface area contributed by atoms with Crippen molar-refractivity contribution in [2.24, 2.45) is 0 Å². The number of rotatable bonds is 6. The summed E-state index contributed by atoms with van der Waals surface area (Å²) in [7, 11) is 1.99. The second-order valence-corrected chi connectivity index (χ2v) is 6.01. The predicted octanol–water partition coefficient (Wildman–Crippen LogP) is 4.57. The van der Waals surface area contributed by atoms with Crippen LogP contribution in [0.15, 0.2) is 66.7 Å². The van der Waals surface area contributed by atoms with Crippen LogP contribution in [0.1, 0.15) is 18.1 Å². The SMILES string of the molecule is CNC(C)Cc1ccc(OCc2ccc3ccccc3c2)cc1. The van der Waals surface area contributed by atoms with Crippen molar-refractivity contribution in [1.29, 1.82) is 0 Å². The van der Waals surface area contributed by atoms with Crippen molar-refractivity contribution in [3.63, 3.8) is 0 Å². The molecule has 0 radical (unpaired) electrons. The Morgan fingerprint density at radius 2 is 1.57 bits per heavy atom. The number of hydrogen-bond donors (Lipinski definition) is 1. The van der Waals surface area contributed by atoms with Crippen LogP contribution in [0, 0.1) is 0 Å². The first kappa shape index (κ1) is 15.6. The lowest BCUT2D eigenvalue weighted by molar-refractivity contribution is 0.306. The maximum absolute atomic E-state index is 5.91. The van der Waals surface area contributed by atoms with E-state index in [0.717, 1.165) is 12.2 Å². The van der Waals surface area contributed by atoms with Gasteiger partial charge in [0, 0.05) is 6.04 Å². The molecule has 0 aromatic heterocycles. The largest absolute Gasteiger partial charge is 0.489 e. The Kier molecular flexibility index (Phi) is 4.94. The van der Waals surface area contributed by atoms with Gasteiger partial charge in [0.2, 0.25) is 0 Å². The van der Waals surface area contributed by atoms with Gasteiger partial charge >= 0.3 is 0 Å². The molecule has 0 spiro atoms. The number of benzene rings is 3. The highest BCUT2D eigenvalue weighted by Gasteiger charge is 2.02. The molecule has 0 aliphatic heterocycles. The molecule has 0 bridgehead atoms. The second kappa shape index (κ2) is 7.30. The molecule has 0 fully saturated rings. The minimum atomic E-state index is 0.486. The first-order valence-corrected chi connectivity index (χ1v) is 8.11. The summed E-state index contributed by atoms with van der Waals surface area (Å²) in [6.07, 6.45) is 1.03. The molecule has 0 aliphatic rings.